The minimum atomic E-state index is -0.353. The fourth-order valence-corrected chi connectivity index (χ4v) is 21.6. The van der Waals surface area contributed by atoms with E-state index in [0.29, 0.717) is 0 Å². The first-order chi connectivity index (χ1) is 70.2. The second kappa shape index (κ2) is 38.8. The van der Waals surface area contributed by atoms with Crippen LogP contribution in [0.1, 0.15) is 49.1 Å². The standard InChI is InChI=1S/C47H31N3.C30H20N2.C24H24BNO2.C17H12BrN.C13H9Br.CH4.2H2/c1-4-14-32(15-5-1)36-29-42(33-16-6-2-7-17-33)48-47(31-36)50-44-23-13-10-20-38(44)40-26-24-35(30-46(40)50)34-25-27-45-41(28-34)39-21-11-12-22-43(39)49(45)37-18-8-3-9-19-37;1-2-8-22(9-3-1)32-29-13-7-5-11-25(29)26-18-20(15-17-30(26)32)21-14-16-24-23-10-4-6-12-27(23)31-28(24)19-21;1-23(2)24(3,4)28-25(27-23)17-14-15-22-20(16-17)19-12-8-9-13-21(19)26(22)18-10-6-5-7-11-18;18-17-12-15(13-7-3-1-4-8-13)11-16(19-17)14-9-5-2-6-10-14;14-11-5-6-13-10(8-11)7-9-3-1-2-4-12(9)13;;;/h1-31H;1-19,31H;5-16H,1-4H3;1-12H;1-6,8H,7H2;1H4;2*1H/i;;;;;;2*1+1. The van der Waals surface area contributed by atoms with Gasteiger partial charge in [0, 0.05) is 100 Å². The predicted octanol–water partition coefficient (Wildman–Crippen LogP) is 35.8. The highest BCUT2D eigenvalue weighted by Gasteiger charge is 2.52. The number of halogens is 2. The Morgan fingerprint density at radius 1 is 0.257 bits per heavy atom. The minimum Gasteiger partial charge on any atom is -0.399 e. The molecule has 696 valence electrons. The van der Waals surface area contributed by atoms with Crippen molar-refractivity contribution in [3.05, 3.63) is 512 Å². The molecule has 12 heteroatoms. The van der Waals surface area contributed by atoms with Gasteiger partial charge in [-0.3, -0.25) is 4.57 Å². The van der Waals surface area contributed by atoms with Crippen molar-refractivity contribution >= 4 is 153 Å². The number of fused-ring (bicyclic) bond motifs is 18. The van der Waals surface area contributed by atoms with Gasteiger partial charge in [0.1, 0.15) is 10.4 Å². The first kappa shape index (κ1) is 91.2. The number of nitrogens with one attached hydrogen (secondary N) is 1. The largest absolute Gasteiger partial charge is 0.494 e. The molecule has 19 aromatic carbocycles. The van der Waals surface area contributed by atoms with Crippen LogP contribution in [0.4, 0.5) is 0 Å². The van der Waals surface area contributed by atoms with Crippen molar-refractivity contribution in [3.8, 4) is 101 Å². The third-order valence-corrected chi connectivity index (χ3v) is 29.3. The fourth-order valence-electron chi connectivity index (χ4n) is 20.8. The Morgan fingerprint density at radius 3 is 1.13 bits per heavy atom. The summed E-state index contributed by atoms with van der Waals surface area (Å²) in [6.45, 7) is 8.36. The van der Waals surface area contributed by atoms with Crippen molar-refractivity contribution in [2.24, 2.45) is 0 Å². The SMILES string of the molecule is Brc1cc(-c2ccccc2)cc(-c2ccccc2)n1.Brc1ccc2c(c1)Cc1ccccc1-2.C.CC1(C)OB(c2ccc3c(c2)c2ccccc2n3-c2ccccc2)OC1(C)C.[2HH].[2HH].c1ccc(-c2cc(-c3ccccc3)nc(-n3c4ccccc4c4ccc(-c5ccc6c(c5)c5ccccc5n6-c5ccccc5)cc43)c2)cc1.c1ccc(-n2c3ccccc3c3cc(-c4ccc5c(c4)[nH]c4ccccc45)ccc32)cc1. The monoisotopic (exact) mass is 1990 g/mol. The molecule has 0 bridgehead atoms. The topological polar surface area (TPSA) is 79.8 Å². The molecule has 8 heterocycles. The summed E-state index contributed by atoms with van der Waals surface area (Å²) in [6, 6.07) is 174. The van der Waals surface area contributed by atoms with E-state index in [2.05, 4.69) is 531 Å². The number of aromatic amines is 1. The number of benzene rings is 19. The van der Waals surface area contributed by atoms with Crippen LogP contribution < -0.4 is 5.46 Å². The average molecular weight is 1990 g/mol. The molecule has 0 unspecified atom stereocenters. The van der Waals surface area contributed by atoms with E-state index >= 15 is 0 Å². The molecule has 2 aliphatic rings. The van der Waals surface area contributed by atoms with Gasteiger partial charge in [-0.25, -0.2) is 9.97 Å². The number of nitrogens with zero attached hydrogens (tertiary/aromatic N) is 6. The Kier molecular flexibility index (Phi) is 24.6. The molecule has 1 saturated heterocycles. The number of pyridine rings is 2. The zero-order chi connectivity index (χ0) is 96.2. The van der Waals surface area contributed by atoms with Gasteiger partial charge >= 0.3 is 7.12 Å². The van der Waals surface area contributed by atoms with Crippen molar-refractivity contribution in [2.75, 3.05) is 0 Å². The maximum Gasteiger partial charge on any atom is 0.494 e. The lowest BCUT2D eigenvalue weighted by Gasteiger charge is -2.32. The number of rotatable bonds is 11. The number of para-hydroxylation sites is 8. The third-order valence-electron chi connectivity index (χ3n) is 28.4. The molecule has 9 nitrogen and oxygen atoms in total. The number of aromatic nitrogens is 7. The van der Waals surface area contributed by atoms with Crippen LogP contribution >= 0.6 is 31.9 Å². The van der Waals surface area contributed by atoms with Gasteiger partial charge in [-0.05, 0) is 268 Å². The van der Waals surface area contributed by atoms with Gasteiger partial charge in [-0.15, -0.1) is 0 Å². The van der Waals surface area contributed by atoms with Gasteiger partial charge in [0.2, 0.25) is 0 Å². The van der Waals surface area contributed by atoms with Crippen LogP contribution in [0, 0.1) is 0 Å². The summed E-state index contributed by atoms with van der Waals surface area (Å²) < 4.78 is 24.0. The third kappa shape index (κ3) is 17.4. The van der Waals surface area contributed by atoms with Crippen LogP contribution in [0.25, 0.3) is 210 Å². The van der Waals surface area contributed by atoms with E-state index in [-0.39, 0.29) is 28.6 Å². The normalized spacial score (nSPS) is 12.8. The lowest BCUT2D eigenvalue weighted by atomic mass is 9.78. The molecule has 0 radical (unpaired) electrons. The van der Waals surface area contributed by atoms with Crippen LogP contribution in [-0.2, 0) is 15.7 Å². The maximum absolute atomic E-state index is 6.27. The van der Waals surface area contributed by atoms with E-state index in [0.717, 1.165) is 78.4 Å². The molecule has 1 N–H and O–H groups in total. The Balaban J connectivity index is 0.000000114. The summed E-state index contributed by atoms with van der Waals surface area (Å²) in [7, 11) is -0.353. The molecule has 144 heavy (non-hydrogen) atoms. The number of H-pyrrole nitrogens is 1. The highest BCUT2D eigenvalue weighted by Crippen LogP contribution is 2.45. The molecule has 0 spiro atoms. The Morgan fingerprint density at radius 2 is 0.618 bits per heavy atom. The lowest BCUT2D eigenvalue weighted by Crippen LogP contribution is -2.41. The van der Waals surface area contributed by atoms with E-state index in [1.807, 2.05) is 48.5 Å². The lowest BCUT2D eigenvalue weighted by molar-refractivity contribution is 0.00578. The Labute approximate surface area is 857 Å². The van der Waals surface area contributed by atoms with E-state index < -0.39 is 0 Å². The minimum absolute atomic E-state index is 0. The summed E-state index contributed by atoms with van der Waals surface area (Å²) in [5.74, 6) is 0.898. The Hall–Kier alpha value is -16.6. The van der Waals surface area contributed by atoms with Gasteiger partial charge in [0.25, 0.3) is 0 Å². The van der Waals surface area contributed by atoms with Crippen LogP contribution in [0.3, 0.4) is 0 Å². The van der Waals surface area contributed by atoms with Crippen LogP contribution in [-0.4, -0.2) is 51.5 Å². The highest BCUT2D eigenvalue weighted by atomic mass is 79.9. The summed E-state index contributed by atoms with van der Waals surface area (Å²) in [5, 5.41) is 12.5. The first-order valence-electron chi connectivity index (χ1n) is 48.7. The van der Waals surface area contributed by atoms with Crippen LogP contribution in [0.5, 0.6) is 0 Å². The summed E-state index contributed by atoms with van der Waals surface area (Å²) in [5.41, 5.74) is 35.1. The maximum atomic E-state index is 6.27. The number of hydrogen-bond acceptors (Lipinski definition) is 4. The van der Waals surface area contributed by atoms with Crippen molar-refractivity contribution in [2.45, 2.75) is 52.7 Å². The van der Waals surface area contributed by atoms with Gasteiger partial charge in [-0.2, -0.15) is 0 Å². The molecular weight excluding hydrogens is 1890 g/mol. The molecule has 0 saturated carbocycles. The second-order valence-corrected chi connectivity index (χ2v) is 39.4. The van der Waals surface area contributed by atoms with E-state index in [4.69, 9.17) is 14.3 Å². The molecular formula is C132H104BBr2N7O2. The van der Waals surface area contributed by atoms with Crippen LogP contribution in [0.15, 0.2) is 500 Å². The summed E-state index contributed by atoms with van der Waals surface area (Å²) >= 11 is 7.01. The average Bonchev–Trinajstić information content (AvgIpc) is 1.59. The highest BCUT2D eigenvalue weighted by molar-refractivity contribution is 9.10. The van der Waals surface area contributed by atoms with E-state index in [9.17, 15) is 0 Å². The van der Waals surface area contributed by atoms with Gasteiger partial charge in [-0.1, -0.05) is 369 Å². The zero-order valence-electron chi connectivity index (χ0n) is 79.3. The summed E-state index contributed by atoms with van der Waals surface area (Å²) in [6.07, 6.45) is 1.07. The van der Waals surface area contributed by atoms with Crippen molar-refractivity contribution < 1.29 is 12.2 Å². The first-order valence-corrected chi connectivity index (χ1v) is 50.2. The van der Waals surface area contributed by atoms with Crippen LogP contribution in [0.2, 0.25) is 0 Å². The second-order valence-electron chi connectivity index (χ2n) is 37.7. The molecule has 1 fully saturated rings. The molecule has 0 amide bonds. The zero-order valence-corrected chi connectivity index (χ0v) is 82.5. The molecule has 0 atom stereocenters. The van der Waals surface area contributed by atoms with Crippen molar-refractivity contribution in [3.63, 3.8) is 0 Å². The molecule has 1 aliphatic heterocycles. The Bertz CT molecular complexity index is 9160. The predicted molar refractivity (Wildman–Crippen MR) is 617 cm³/mol. The van der Waals surface area contributed by atoms with Gasteiger partial charge < -0.3 is 28.0 Å². The van der Waals surface area contributed by atoms with E-state index in [1.54, 1.807) is 0 Å². The smallest absolute Gasteiger partial charge is 0.399 e. The van der Waals surface area contributed by atoms with Crippen molar-refractivity contribution in [1.82, 2.24) is 33.2 Å². The quantitative estimate of drug-likeness (QED) is 0.103. The molecule has 28 rings (SSSR count). The molecule has 1 aliphatic carbocycles. The van der Waals surface area contributed by atoms with Gasteiger partial charge in [0.05, 0.1) is 66.7 Å². The van der Waals surface area contributed by atoms with E-state index in [1.165, 1.54) is 164 Å². The molecule has 7 aromatic heterocycles. The number of hydrogen-bond donors (Lipinski definition) is 1. The van der Waals surface area contributed by atoms with Crippen molar-refractivity contribution in [1.29, 1.82) is 0 Å². The molecule has 26 aromatic rings. The summed E-state index contributed by atoms with van der Waals surface area (Å²) in [4.78, 5) is 13.5. The van der Waals surface area contributed by atoms with Gasteiger partial charge in [0.15, 0.2) is 0 Å². The fraction of sp³-hybridized carbons (Fsp3) is 0.0606.